The molecule has 0 bridgehead atoms. The molecule has 8 heteroatoms. The largest absolute Gasteiger partial charge is 0.481 e. The summed E-state index contributed by atoms with van der Waals surface area (Å²) in [7, 11) is 0. The number of rotatable bonds is 6. The average molecular weight is 450 g/mol. The number of halogens is 2. The van der Waals surface area contributed by atoms with E-state index < -0.39 is 23.6 Å². The van der Waals surface area contributed by atoms with Gasteiger partial charge in [-0.15, -0.1) is 0 Å². The van der Waals surface area contributed by atoms with Crippen molar-refractivity contribution in [2.24, 2.45) is 5.41 Å². The summed E-state index contributed by atoms with van der Waals surface area (Å²) in [5, 5.41) is 12.9. The van der Waals surface area contributed by atoms with Gasteiger partial charge in [-0.1, -0.05) is 51.1 Å². The Kier molecular flexibility index (Phi) is 5.84. The number of carbonyl (C=O) groups is 1. The lowest BCUT2D eigenvalue weighted by Crippen LogP contribution is -2.36. The molecule has 4 rings (SSSR count). The lowest BCUT2D eigenvalue weighted by atomic mass is 9.84. The number of carboxylic acid groups (broad SMARTS) is 1. The Hall–Kier alpha value is -3.81. The number of hydrogen-bond donors (Lipinski definition) is 3. The summed E-state index contributed by atoms with van der Waals surface area (Å²) in [5.41, 5.74) is 1.65. The zero-order chi connectivity index (χ0) is 23.8. The zero-order valence-corrected chi connectivity index (χ0v) is 18.5. The highest BCUT2D eigenvalue weighted by Crippen LogP contribution is 2.32. The standard InChI is InChI=1S/C25H24F2N4O2/c1-25(2,3)20(12-22(32)33)30-21-11-19(14-7-5-4-6-8-14)29-24(31-21)17-13-28-23-16(17)9-15(26)10-18(23)27/h4-11,13,20,28H,12H2,1-3H3,(H,32,33)(H,29,30,31)/t20-/m0/s1. The Labute approximate surface area is 189 Å². The van der Waals surface area contributed by atoms with E-state index in [0.717, 1.165) is 11.6 Å². The summed E-state index contributed by atoms with van der Waals surface area (Å²) in [6.45, 7) is 5.83. The van der Waals surface area contributed by atoms with Crippen LogP contribution in [0.5, 0.6) is 0 Å². The van der Waals surface area contributed by atoms with Crippen LogP contribution in [-0.2, 0) is 4.79 Å². The highest BCUT2D eigenvalue weighted by molar-refractivity contribution is 5.94. The molecule has 33 heavy (non-hydrogen) atoms. The van der Waals surface area contributed by atoms with Crippen LogP contribution in [0.4, 0.5) is 14.6 Å². The van der Waals surface area contributed by atoms with Crippen molar-refractivity contribution in [3.05, 3.63) is 66.4 Å². The Morgan fingerprint density at radius 3 is 2.52 bits per heavy atom. The smallest absolute Gasteiger partial charge is 0.305 e. The molecular weight excluding hydrogens is 426 g/mol. The first kappa shape index (κ1) is 22.4. The first-order valence-electron chi connectivity index (χ1n) is 10.5. The molecule has 0 saturated carbocycles. The predicted molar refractivity (Wildman–Crippen MR) is 124 cm³/mol. The van der Waals surface area contributed by atoms with E-state index in [1.165, 1.54) is 6.07 Å². The van der Waals surface area contributed by atoms with E-state index in [4.69, 9.17) is 0 Å². The summed E-state index contributed by atoms with van der Waals surface area (Å²) in [4.78, 5) is 23.5. The van der Waals surface area contributed by atoms with Crippen LogP contribution in [0.3, 0.4) is 0 Å². The minimum absolute atomic E-state index is 0.104. The molecule has 2 aromatic heterocycles. The zero-order valence-electron chi connectivity index (χ0n) is 18.5. The lowest BCUT2D eigenvalue weighted by molar-refractivity contribution is -0.137. The summed E-state index contributed by atoms with van der Waals surface area (Å²) in [6.07, 6.45) is 1.44. The molecule has 0 fully saturated rings. The van der Waals surface area contributed by atoms with Crippen LogP contribution in [0, 0.1) is 17.0 Å². The number of nitrogens with zero attached hydrogens (tertiary/aromatic N) is 2. The van der Waals surface area contributed by atoms with E-state index in [1.807, 2.05) is 51.1 Å². The van der Waals surface area contributed by atoms with E-state index in [2.05, 4.69) is 20.3 Å². The van der Waals surface area contributed by atoms with Gasteiger partial charge in [-0.05, 0) is 11.5 Å². The Morgan fingerprint density at radius 2 is 1.85 bits per heavy atom. The van der Waals surface area contributed by atoms with Crippen LogP contribution in [0.25, 0.3) is 33.5 Å². The predicted octanol–water partition coefficient (Wildman–Crippen LogP) is 5.87. The van der Waals surface area contributed by atoms with Crippen molar-refractivity contribution < 1.29 is 18.7 Å². The van der Waals surface area contributed by atoms with Gasteiger partial charge in [0.2, 0.25) is 0 Å². The van der Waals surface area contributed by atoms with Gasteiger partial charge in [-0.2, -0.15) is 0 Å². The summed E-state index contributed by atoms with van der Waals surface area (Å²) < 4.78 is 28.2. The van der Waals surface area contributed by atoms with Gasteiger partial charge >= 0.3 is 5.97 Å². The SMILES string of the molecule is CC(C)(C)[C@H](CC(=O)O)Nc1cc(-c2ccccc2)nc(-c2c[nH]c3c(F)cc(F)cc23)n1. The number of H-pyrrole nitrogens is 1. The summed E-state index contributed by atoms with van der Waals surface area (Å²) in [5.74, 6) is -1.65. The van der Waals surface area contributed by atoms with Gasteiger partial charge in [-0.25, -0.2) is 18.7 Å². The lowest BCUT2D eigenvalue weighted by Gasteiger charge is -2.31. The molecule has 0 aliphatic carbocycles. The van der Waals surface area contributed by atoms with E-state index in [1.54, 1.807) is 12.3 Å². The third kappa shape index (κ3) is 4.84. The second kappa shape index (κ2) is 8.61. The first-order valence-corrected chi connectivity index (χ1v) is 10.5. The second-order valence-electron chi connectivity index (χ2n) is 9.00. The van der Waals surface area contributed by atoms with Crippen LogP contribution in [0.1, 0.15) is 27.2 Å². The van der Waals surface area contributed by atoms with E-state index in [9.17, 15) is 18.7 Å². The first-order chi connectivity index (χ1) is 15.6. The second-order valence-corrected chi connectivity index (χ2v) is 9.00. The van der Waals surface area contributed by atoms with Crippen LogP contribution in [0.15, 0.2) is 54.7 Å². The van der Waals surface area contributed by atoms with E-state index in [-0.39, 0.29) is 23.2 Å². The number of hydrogen-bond acceptors (Lipinski definition) is 4. The van der Waals surface area contributed by atoms with Crippen molar-refractivity contribution in [1.82, 2.24) is 15.0 Å². The monoisotopic (exact) mass is 450 g/mol. The maximum atomic E-state index is 14.2. The summed E-state index contributed by atoms with van der Waals surface area (Å²) >= 11 is 0. The maximum absolute atomic E-state index is 14.2. The van der Waals surface area contributed by atoms with Crippen molar-refractivity contribution in [1.29, 1.82) is 0 Å². The quantitative estimate of drug-likeness (QED) is 0.342. The van der Waals surface area contributed by atoms with Gasteiger partial charge < -0.3 is 15.4 Å². The third-order valence-corrected chi connectivity index (χ3v) is 5.49. The number of nitrogens with one attached hydrogen (secondary N) is 2. The van der Waals surface area contributed by atoms with E-state index in [0.29, 0.717) is 22.5 Å². The van der Waals surface area contributed by atoms with Crippen LogP contribution >= 0.6 is 0 Å². The highest BCUT2D eigenvalue weighted by Gasteiger charge is 2.28. The molecule has 0 unspecified atom stereocenters. The van der Waals surface area contributed by atoms with Crippen molar-refractivity contribution in [3.8, 4) is 22.6 Å². The Balaban J connectivity index is 1.87. The molecule has 4 aromatic rings. The number of fused-ring (bicyclic) bond motifs is 1. The van der Waals surface area contributed by atoms with Gasteiger partial charge in [0.05, 0.1) is 17.6 Å². The molecule has 1 atom stereocenters. The molecule has 0 aliphatic heterocycles. The van der Waals surface area contributed by atoms with Crippen molar-refractivity contribution in [2.75, 3.05) is 5.32 Å². The minimum atomic E-state index is -0.928. The van der Waals surface area contributed by atoms with Gasteiger partial charge in [0.1, 0.15) is 17.5 Å². The number of aliphatic carboxylic acids is 1. The fourth-order valence-corrected chi connectivity index (χ4v) is 3.67. The molecule has 0 radical (unpaired) electrons. The fraction of sp³-hybridized carbons (Fsp3) is 0.240. The number of anilines is 1. The van der Waals surface area contributed by atoms with Crippen molar-refractivity contribution in [2.45, 2.75) is 33.2 Å². The number of benzene rings is 2. The molecule has 3 N–H and O–H groups in total. The fourth-order valence-electron chi connectivity index (χ4n) is 3.67. The topological polar surface area (TPSA) is 90.9 Å². The molecule has 170 valence electrons. The van der Waals surface area contributed by atoms with Crippen LogP contribution in [0.2, 0.25) is 0 Å². The molecule has 2 heterocycles. The molecule has 0 spiro atoms. The number of aromatic nitrogens is 3. The number of aromatic amines is 1. The van der Waals surface area contributed by atoms with Crippen molar-refractivity contribution in [3.63, 3.8) is 0 Å². The van der Waals surface area contributed by atoms with Gasteiger partial charge in [0, 0.05) is 40.9 Å². The third-order valence-electron chi connectivity index (χ3n) is 5.49. The summed E-state index contributed by atoms with van der Waals surface area (Å²) in [6, 6.07) is 12.8. The molecule has 0 aliphatic rings. The van der Waals surface area contributed by atoms with Crippen LogP contribution < -0.4 is 5.32 Å². The average Bonchev–Trinajstić information content (AvgIpc) is 3.17. The van der Waals surface area contributed by atoms with Gasteiger partial charge in [0.15, 0.2) is 5.82 Å². The minimum Gasteiger partial charge on any atom is -0.481 e. The molecule has 2 aromatic carbocycles. The molecule has 0 amide bonds. The maximum Gasteiger partial charge on any atom is 0.305 e. The Morgan fingerprint density at radius 1 is 1.12 bits per heavy atom. The van der Waals surface area contributed by atoms with Gasteiger partial charge in [0.25, 0.3) is 0 Å². The normalized spacial score (nSPS) is 12.6. The Bertz CT molecular complexity index is 1310. The molecule has 6 nitrogen and oxygen atoms in total. The molecular formula is C25H24F2N4O2. The number of carboxylic acids is 1. The van der Waals surface area contributed by atoms with Gasteiger partial charge in [-0.3, -0.25) is 4.79 Å². The van der Waals surface area contributed by atoms with E-state index >= 15 is 0 Å². The van der Waals surface area contributed by atoms with Crippen molar-refractivity contribution >= 4 is 22.7 Å². The molecule has 0 saturated heterocycles. The highest BCUT2D eigenvalue weighted by atomic mass is 19.1. The van der Waals surface area contributed by atoms with Crippen LogP contribution in [-0.4, -0.2) is 32.1 Å².